The summed E-state index contributed by atoms with van der Waals surface area (Å²) in [7, 11) is 1.64. The number of nitrogens with zero attached hydrogens (tertiary/aromatic N) is 5. The van der Waals surface area contributed by atoms with Gasteiger partial charge < -0.3 is 19.0 Å². The molecule has 0 aliphatic carbocycles. The fourth-order valence-electron chi connectivity index (χ4n) is 5.68. The van der Waals surface area contributed by atoms with E-state index in [0.29, 0.717) is 50.0 Å². The molecule has 0 spiro atoms. The number of hydrogen-bond donors (Lipinski definition) is 0. The van der Waals surface area contributed by atoms with E-state index in [0.717, 1.165) is 41.6 Å². The van der Waals surface area contributed by atoms with Crippen LogP contribution in [0, 0.1) is 11.3 Å². The fraction of sp³-hybridized carbons (Fsp3) is 0.562. The maximum absolute atomic E-state index is 13.0. The first kappa shape index (κ1) is 31.7. The molecule has 2 unspecified atom stereocenters. The molecule has 2 atom stereocenters. The smallest absolute Gasteiger partial charge is 0.223 e. The highest BCUT2D eigenvalue weighted by molar-refractivity contribution is 7.99. The second kappa shape index (κ2) is 14.3. The second-order valence-electron chi connectivity index (χ2n) is 12.5. The number of amides is 2. The largest absolute Gasteiger partial charge is 0.497 e. The first-order valence-corrected chi connectivity index (χ1v) is 15.9. The number of unbranched alkanes of at least 4 members (excludes halogenated alkanes) is 1. The zero-order chi connectivity index (χ0) is 30.3. The molecule has 0 bridgehead atoms. The number of ether oxygens (including phenoxy) is 1. The minimum absolute atomic E-state index is 0.0419. The molecule has 1 saturated heterocycles. The number of aromatic nitrogens is 3. The second-order valence-corrected chi connectivity index (χ2v) is 13.5. The highest BCUT2D eigenvalue weighted by Gasteiger charge is 2.30. The van der Waals surface area contributed by atoms with Gasteiger partial charge in [0.1, 0.15) is 5.75 Å². The van der Waals surface area contributed by atoms with Crippen molar-refractivity contribution in [2.45, 2.75) is 77.9 Å². The van der Waals surface area contributed by atoms with Gasteiger partial charge in [0.05, 0.1) is 19.1 Å². The number of piperazine rings is 1. The molecule has 1 aromatic carbocycles. The number of rotatable bonds is 12. The van der Waals surface area contributed by atoms with Crippen molar-refractivity contribution in [1.29, 1.82) is 0 Å². The standard InChI is InChI=1S/C32H45N5O4S/c1-23(21-32(3,4)5)20-29(39)36-17-16-35(22-24(36)2)28(38)11-7-8-19-42-31-34-33-30(27-10-9-18-41-27)37(31)25-12-14-26(40-6)15-13-25/h9-10,12-15,18,23-24H,7-8,11,16-17,19-22H2,1-6H3. The molecule has 42 heavy (non-hydrogen) atoms. The normalized spacial score (nSPS) is 16.5. The molecule has 3 heterocycles. The summed E-state index contributed by atoms with van der Waals surface area (Å²) < 4.78 is 12.9. The quantitative estimate of drug-likeness (QED) is 0.179. The van der Waals surface area contributed by atoms with Crippen LogP contribution in [0.2, 0.25) is 0 Å². The Morgan fingerprint density at radius 3 is 2.50 bits per heavy atom. The zero-order valence-electron chi connectivity index (χ0n) is 25.8. The Kier molecular flexibility index (Phi) is 10.8. The molecule has 2 amide bonds. The van der Waals surface area contributed by atoms with E-state index >= 15 is 0 Å². The Balaban J connectivity index is 1.25. The summed E-state index contributed by atoms with van der Waals surface area (Å²) >= 11 is 1.62. The Morgan fingerprint density at radius 2 is 1.86 bits per heavy atom. The van der Waals surface area contributed by atoms with Gasteiger partial charge in [0.15, 0.2) is 10.9 Å². The zero-order valence-corrected chi connectivity index (χ0v) is 26.7. The average Bonchev–Trinajstić information content (AvgIpc) is 3.62. The number of carbonyl (C=O) groups is 2. The highest BCUT2D eigenvalue weighted by Crippen LogP contribution is 2.30. The van der Waals surface area contributed by atoms with Crippen LogP contribution in [0.15, 0.2) is 52.2 Å². The van der Waals surface area contributed by atoms with Gasteiger partial charge in [-0.25, -0.2) is 0 Å². The lowest BCUT2D eigenvalue weighted by atomic mass is 9.84. The van der Waals surface area contributed by atoms with Crippen molar-refractivity contribution in [2.24, 2.45) is 11.3 Å². The Labute approximate surface area is 254 Å². The van der Waals surface area contributed by atoms with E-state index in [4.69, 9.17) is 9.15 Å². The molecule has 228 valence electrons. The Bertz CT molecular complexity index is 1300. The van der Waals surface area contributed by atoms with E-state index in [9.17, 15) is 9.59 Å². The van der Waals surface area contributed by atoms with Crippen LogP contribution >= 0.6 is 11.8 Å². The summed E-state index contributed by atoms with van der Waals surface area (Å²) in [4.78, 5) is 29.8. The summed E-state index contributed by atoms with van der Waals surface area (Å²) in [6, 6.07) is 11.5. The van der Waals surface area contributed by atoms with Crippen LogP contribution in [0.4, 0.5) is 0 Å². The lowest BCUT2D eigenvalue weighted by molar-refractivity contribution is -0.143. The third kappa shape index (κ3) is 8.40. The Morgan fingerprint density at radius 1 is 1.10 bits per heavy atom. The number of furan rings is 1. The van der Waals surface area contributed by atoms with Gasteiger partial charge in [0, 0.05) is 44.3 Å². The van der Waals surface area contributed by atoms with Gasteiger partial charge in [-0.3, -0.25) is 14.2 Å². The molecule has 4 rings (SSSR count). The van der Waals surface area contributed by atoms with Gasteiger partial charge in [0.2, 0.25) is 17.6 Å². The third-order valence-corrected chi connectivity index (χ3v) is 8.52. The molecule has 2 aromatic heterocycles. The molecule has 0 radical (unpaired) electrons. The number of carbonyl (C=O) groups excluding carboxylic acids is 2. The molecule has 1 aliphatic rings. The minimum atomic E-state index is 0.0419. The van der Waals surface area contributed by atoms with Crippen molar-refractivity contribution in [3.05, 3.63) is 42.7 Å². The average molecular weight is 596 g/mol. The molecule has 0 N–H and O–H groups in total. The van der Waals surface area contributed by atoms with Crippen molar-refractivity contribution in [3.63, 3.8) is 0 Å². The summed E-state index contributed by atoms with van der Waals surface area (Å²) in [5.74, 6) is 3.60. The van der Waals surface area contributed by atoms with Crippen LogP contribution in [0.1, 0.15) is 66.7 Å². The van der Waals surface area contributed by atoms with E-state index < -0.39 is 0 Å². The summed E-state index contributed by atoms with van der Waals surface area (Å²) in [5, 5.41) is 9.61. The van der Waals surface area contributed by atoms with Gasteiger partial charge >= 0.3 is 0 Å². The fourth-order valence-corrected chi connectivity index (χ4v) is 6.63. The van der Waals surface area contributed by atoms with E-state index in [-0.39, 0.29) is 23.3 Å². The summed E-state index contributed by atoms with van der Waals surface area (Å²) in [6.07, 6.45) is 5.40. The topological polar surface area (TPSA) is 93.7 Å². The van der Waals surface area contributed by atoms with E-state index in [1.807, 2.05) is 50.8 Å². The van der Waals surface area contributed by atoms with Crippen molar-refractivity contribution in [2.75, 3.05) is 32.5 Å². The monoisotopic (exact) mass is 595 g/mol. The predicted octanol–water partition coefficient (Wildman–Crippen LogP) is 6.32. The number of methoxy groups -OCH3 is 1. The van der Waals surface area contributed by atoms with Crippen molar-refractivity contribution >= 4 is 23.6 Å². The first-order chi connectivity index (χ1) is 20.1. The van der Waals surface area contributed by atoms with Gasteiger partial charge in [0.25, 0.3) is 0 Å². The maximum atomic E-state index is 13.0. The van der Waals surface area contributed by atoms with Crippen molar-refractivity contribution in [3.8, 4) is 23.0 Å². The number of hydrogen-bond acceptors (Lipinski definition) is 7. The first-order valence-electron chi connectivity index (χ1n) is 14.9. The van der Waals surface area contributed by atoms with Crippen LogP contribution in [-0.2, 0) is 9.59 Å². The predicted molar refractivity (Wildman–Crippen MR) is 166 cm³/mol. The van der Waals surface area contributed by atoms with E-state index in [2.05, 4.69) is 44.8 Å². The van der Waals surface area contributed by atoms with Crippen molar-refractivity contribution < 1.29 is 18.7 Å². The van der Waals surface area contributed by atoms with Crippen LogP contribution in [-0.4, -0.2) is 74.9 Å². The lowest BCUT2D eigenvalue weighted by Crippen LogP contribution is -2.55. The van der Waals surface area contributed by atoms with Crippen molar-refractivity contribution in [1.82, 2.24) is 24.6 Å². The summed E-state index contributed by atoms with van der Waals surface area (Å²) in [6.45, 7) is 12.7. The van der Waals surface area contributed by atoms with Crippen LogP contribution in [0.25, 0.3) is 17.3 Å². The Hall–Kier alpha value is -3.27. The van der Waals surface area contributed by atoms with Crippen LogP contribution in [0.3, 0.4) is 0 Å². The van der Waals surface area contributed by atoms with Gasteiger partial charge in [-0.15, -0.1) is 10.2 Å². The molecule has 0 saturated carbocycles. The molecule has 1 aliphatic heterocycles. The molecular formula is C32H45N5O4S. The molecule has 3 aromatic rings. The maximum Gasteiger partial charge on any atom is 0.223 e. The van der Waals surface area contributed by atoms with Gasteiger partial charge in [-0.2, -0.15) is 0 Å². The number of benzene rings is 1. The van der Waals surface area contributed by atoms with Gasteiger partial charge in [-0.05, 0) is 73.9 Å². The minimum Gasteiger partial charge on any atom is -0.497 e. The lowest BCUT2D eigenvalue weighted by Gasteiger charge is -2.40. The third-order valence-electron chi connectivity index (χ3n) is 7.51. The van der Waals surface area contributed by atoms with E-state index in [1.54, 1.807) is 25.1 Å². The molecule has 10 heteroatoms. The van der Waals surface area contributed by atoms with Crippen LogP contribution in [0.5, 0.6) is 5.75 Å². The molecule has 1 fully saturated rings. The number of thioether (sulfide) groups is 1. The SMILES string of the molecule is COc1ccc(-n2c(SCCCCC(=O)N3CCN(C(=O)CC(C)CC(C)(C)C)C(C)C3)nnc2-c2ccco2)cc1. The molecular weight excluding hydrogens is 550 g/mol. The molecule has 9 nitrogen and oxygen atoms in total. The van der Waals surface area contributed by atoms with Crippen LogP contribution < -0.4 is 4.74 Å². The summed E-state index contributed by atoms with van der Waals surface area (Å²) in [5.41, 5.74) is 1.13. The highest BCUT2D eigenvalue weighted by atomic mass is 32.2. The van der Waals surface area contributed by atoms with E-state index in [1.165, 1.54) is 0 Å². The van der Waals surface area contributed by atoms with Gasteiger partial charge in [-0.1, -0.05) is 39.5 Å².